The lowest BCUT2D eigenvalue weighted by Gasteiger charge is -2.17. The van der Waals surface area contributed by atoms with E-state index < -0.39 is 18.0 Å². The molecule has 10 heteroatoms. The van der Waals surface area contributed by atoms with Crippen molar-refractivity contribution in [3.05, 3.63) is 81.7 Å². The van der Waals surface area contributed by atoms with Gasteiger partial charge in [-0.05, 0) is 68.0 Å². The van der Waals surface area contributed by atoms with Crippen molar-refractivity contribution in [1.82, 2.24) is 5.32 Å². The van der Waals surface area contributed by atoms with Crippen LogP contribution in [-0.4, -0.2) is 50.1 Å². The Morgan fingerprint density at radius 1 is 0.975 bits per heavy atom. The number of aryl methyl sites for hydroxylation is 1. The molecule has 1 aliphatic rings. The van der Waals surface area contributed by atoms with E-state index in [9.17, 15) is 19.2 Å². The van der Waals surface area contributed by atoms with Crippen LogP contribution in [0.3, 0.4) is 0 Å². The van der Waals surface area contributed by atoms with E-state index in [-0.39, 0.29) is 31.4 Å². The van der Waals surface area contributed by atoms with Crippen molar-refractivity contribution >= 4 is 40.1 Å². The lowest BCUT2D eigenvalue weighted by Crippen LogP contribution is -2.43. The highest BCUT2D eigenvalue weighted by molar-refractivity contribution is 7.17. The third-order valence-electron chi connectivity index (χ3n) is 6.46. The molecule has 0 radical (unpaired) electrons. The molecule has 0 saturated carbocycles. The van der Waals surface area contributed by atoms with Gasteiger partial charge in [0, 0.05) is 16.9 Å². The smallest absolute Gasteiger partial charge is 0.341 e. The number of ether oxygens (including phenoxy) is 3. The minimum Gasteiger partial charge on any atom is -0.484 e. The number of amides is 2. The highest BCUT2D eigenvalue weighted by Gasteiger charge is 2.27. The topological polar surface area (TPSA) is 120 Å². The summed E-state index contributed by atoms with van der Waals surface area (Å²) in [6, 6.07) is 14.6. The van der Waals surface area contributed by atoms with Gasteiger partial charge in [0.2, 0.25) is 0 Å². The van der Waals surface area contributed by atoms with Gasteiger partial charge >= 0.3 is 11.9 Å². The number of thiophene rings is 1. The fraction of sp³-hybridized carbons (Fsp3) is 0.333. The minimum atomic E-state index is -0.875. The summed E-state index contributed by atoms with van der Waals surface area (Å²) < 4.78 is 15.8. The average molecular weight is 565 g/mol. The summed E-state index contributed by atoms with van der Waals surface area (Å²) in [4.78, 5) is 51.3. The van der Waals surface area contributed by atoms with Crippen molar-refractivity contribution in [3.8, 4) is 5.75 Å². The second-order valence-corrected chi connectivity index (χ2v) is 10.3. The maximum atomic E-state index is 12.7. The third kappa shape index (κ3) is 7.26. The Bertz CT molecular complexity index is 1350. The summed E-state index contributed by atoms with van der Waals surface area (Å²) in [5.74, 6) is -1.28. The molecule has 1 aromatic heterocycles. The van der Waals surface area contributed by atoms with Gasteiger partial charge in [-0.15, -0.1) is 11.3 Å². The average Bonchev–Trinajstić information content (AvgIpc) is 3.34. The van der Waals surface area contributed by atoms with Gasteiger partial charge in [-0.3, -0.25) is 9.59 Å². The summed E-state index contributed by atoms with van der Waals surface area (Å²) in [6.07, 6.45) is 3.96. The van der Waals surface area contributed by atoms with Crippen molar-refractivity contribution in [2.24, 2.45) is 0 Å². The van der Waals surface area contributed by atoms with E-state index in [0.717, 1.165) is 41.7 Å². The number of hydrogen-bond donors (Lipinski definition) is 2. The Morgan fingerprint density at radius 3 is 2.40 bits per heavy atom. The van der Waals surface area contributed by atoms with Crippen LogP contribution < -0.4 is 15.4 Å². The fourth-order valence-electron chi connectivity index (χ4n) is 4.51. The molecule has 2 N–H and O–H groups in total. The standard InChI is InChI=1S/C30H32N2O7S/c1-3-38-30(36)26-22-11-7-8-12-24(22)40-28(26)32-25(33)18-39-21-15-13-19(14-16-21)17-23(29(35)37-2)31-27(34)20-9-5-4-6-10-20/h4-6,9-10,13-16,23H,3,7-8,11-12,17-18H2,1-2H3,(H,31,34)(H,32,33). The molecule has 1 atom stereocenters. The van der Waals surface area contributed by atoms with Crippen LogP contribution in [0.4, 0.5) is 5.00 Å². The number of carbonyl (C=O) groups is 4. The molecule has 4 rings (SSSR count). The third-order valence-corrected chi connectivity index (χ3v) is 7.67. The number of hydrogen-bond acceptors (Lipinski definition) is 8. The zero-order valence-electron chi connectivity index (χ0n) is 22.5. The molecular formula is C30H32N2O7S. The van der Waals surface area contributed by atoms with Crippen molar-refractivity contribution in [3.63, 3.8) is 0 Å². The molecule has 1 unspecified atom stereocenters. The zero-order valence-corrected chi connectivity index (χ0v) is 23.3. The van der Waals surface area contributed by atoms with Gasteiger partial charge in [0.15, 0.2) is 6.61 Å². The first kappa shape index (κ1) is 28.8. The van der Waals surface area contributed by atoms with Gasteiger partial charge in [0.05, 0.1) is 19.3 Å². The normalized spacial score (nSPS) is 12.9. The van der Waals surface area contributed by atoms with Gasteiger partial charge < -0.3 is 24.8 Å². The molecule has 210 valence electrons. The number of carbonyl (C=O) groups excluding carboxylic acids is 4. The van der Waals surface area contributed by atoms with Gasteiger partial charge in [0.25, 0.3) is 11.8 Å². The van der Waals surface area contributed by atoms with Gasteiger partial charge in [-0.2, -0.15) is 0 Å². The van der Waals surface area contributed by atoms with Crippen LogP contribution in [0.5, 0.6) is 5.75 Å². The number of anilines is 1. The molecule has 0 spiro atoms. The van der Waals surface area contributed by atoms with Gasteiger partial charge in [-0.1, -0.05) is 30.3 Å². The van der Waals surface area contributed by atoms with Crippen LogP contribution in [0.2, 0.25) is 0 Å². The van der Waals surface area contributed by atoms with E-state index in [1.54, 1.807) is 61.5 Å². The second-order valence-electron chi connectivity index (χ2n) is 9.24. The Kier molecular flexibility index (Phi) is 9.91. The van der Waals surface area contributed by atoms with Gasteiger partial charge in [-0.25, -0.2) is 9.59 Å². The molecule has 2 aromatic carbocycles. The molecule has 3 aromatic rings. The monoisotopic (exact) mass is 564 g/mol. The van der Waals surface area contributed by atoms with E-state index in [4.69, 9.17) is 14.2 Å². The fourth-order valence-corrected chi connectivity index (χ4v) is 5.80. The predicted octanol–water partition coefficient (Wildman–Crippen LogP) is 4.34. The first-order valence-corrected chi connectivity index (χ1v) is 14.0. The van der Waals surface area contributed by atoms with Crippen LogP contribution in [0.15, 0.2) is 54.6 Å². The Balaban J connectivity index is 1.35. The molecule has 0 saturated heterocycles. The molecule has 1 heterocycles. The summed E-state index contributed by atoms with van der Waals surface area (Å²) in [5, 5.41) is 6.05. The van der Waals surface area contributed by atoms with Crippen LogP contribution in [0.1, 0.15) is 56.5 Å². The Labute approximate surface area is 236 Å². The van der Waals surface area contributed by atoms with E-state index in [1.807, 2.05) is 0 Å². The molecule has 0 aliphatic heterocycles. The quantitative estimate of drug-likeness (QED) is 0.333. The number of esters is 2. The van der Waals surface area contributed by atoms with Crippen LogP contribution in [0, 0.1) is 0 Å². The largest absolute Gasteiger partial charge is 0.484 e. The van der Waals surface area contributed by atoms with Crippen molar-refractivity contribution in [1.29, 1.82) is 0 Å². The van der Waals surface area contributed by atoms with Crippen molar-refractivity contribution in [2.75, 3.05) is 25.6 Å². The minimum absolute atomic E-state index is 0.214. The van der Waals surface area contributed by atoms with E-state index in [2.05, 4.69) is 10.6 Å². The van der Waals surface area contributed by atoms with E-state index >= 15 is 0 Å². The predicted molar refractivity (Wildman–Crippen MR) is 151 cm³/mol. The van der Waals surface area contributed by atoms with Crippen LogP contribution in [0.25, 0.3) is 0 Å². The highest BCUT2D eigenvalue weighted by Crippen LogP contribution is 2.38. The summed E-state index contributed by atoms with van der Waals surface area (Å²) in [7, 11) is 1.27. The lowest BCUT2D eigenvalue weighted by molar-refractivity contribution is -0.142. The number of fused-ring (bicyclic) bond motifs is 1. The molecule has 9 nitrogen and oxygen atoms in total. The van der Waals surface area contributed by atoms with Crippen molar-refractivity contribution < 1.29 is 33.4 Å². The number of methoxy groups -OCH3 is 1. The molecule has 1 aliphatic carbocycles. The summed E-state index contributed by atoms with van der Waals surface area (Å²) in [5.41, 5.74) is 2.64. The molecule has 0 bridgehead atoms. The lowest BCUT2D eigenvalue weighted by atomic mass is 9.95. The first-order valence-electron chi connectivity index (χ1n) is 13.2. The maximum Gasteiger partial charge on any atom is 0.341 e. The SMILES string of the molecule is CCOC(=O)c1c(NC(=O)COc2ccc(CC(NC(=O)c3ccccc3)C(=O)OC)cc2)sc2c1CCCC2. The number of benzene rings is 2. The Morgan fingerprint density at radius 2 is 1.70 bits per heavy atom. The zero-order chi connectivity index (χ0) is 28.5. The highest BCUT2D eigenvalue weighted by atomic mass is 32.1. The van der Waals surface area contributed by atoms with Crippen LogP contribution in [-0.2, 0) is 38.3 Å². The van der Waals surface area contributed by atoms with Crippen LogP contribution >= 0.6 is 11.3 Å². The van der Waals surface area contributed by atoms with Crippen molar-refractivity contribution in [2.45, 2.75) is 45.1 Å². The summed E-state index contributed by atoms with van der Waals surface area (Å²) in [6.45, 7) is 1.77. The second kappa shape index (κ2) is 13.7. The summed E-state index contributed by atoms with van der Waals surface area (Å²) >= 11 is 1.42. The van der Waals surface area contributed by atoms with Gasteiger partial charge in [0.1, 0.15) is 16.8 Å². The van der Waals surface area contributed by atoms with E-state index in [0.29, 0.717) is 21.9 Å². The molecule has 0 fully saturated rings. The first-order chi connectivity index (χ1) is 19.4. The van der Waals surface area contributed by atoms with E-state index in [1.165, 1.54) is 18.4 Å². The maximum absolute atomic E-state index is 12.7. The molecular weight excluding hydrogens is 532 g/mol. The molecule has 40 heavy (non-hydrogen) atoms. The Hall–Kier alpha value is -4.18. The number of nitrogens with one attached hydrogen (secondary N) is 2. The number of rotatable bonds is 11. The molecule has 2 amide bonds.